The molecule has 6 nitrogen and oxygen atoms in total. The van der Waals surface area contributed by atoms with E-state index in [4.69, 9.17) is 4.74 Å². The highest BCUT2D eigenvalue weighted by atomic mass is 32.2. The van der Waals surface area contributed by atoms with E-state index in [9.17, 15) is 4.79 Å². The van der Waals surface area contributed by atoms with Crippen molar-refractivity contribution in [3.8, 4) is 5.75 Å². The molecule has 0 atom stereocenters. The molecule has 1 aliphatic rings. The predicted octanol–water partition coefficient (Wildman–Crippen LogP) is 3.64. The van der Waals surface area contributed by atoms with Crippen LogP contribution in [0.2, 0.25) is 0 Å². The summed E-state index contributed by atoms with van der Waals surface area (Å²) in [6.07, 6.45) is 4.63. The number of ether oxygens (including phenoxy) is 1. The Balaban J connectivity index is 1.55. The SMILES string of the molecule is CCn1c(COc2ccc(C)c(C)c2)nnc1SCC(=O)NC1CCCC1. The summed E-state index contributed by atoms with van der Waals surface area (Å²) in [5.74, 6) is 2.04. The lowest BCUT2D eigenvalue weighted by Gasteiger charge is -2.12. The number of nitrogens with one attached hydrogen (secondary N) is 1. The normalized spacial score (nSPS) is 14.5. The van der Waals surface area contributed by atoms with Gasteiger partial charge in [0.15, 0.2) is 11.0 Å². The fraction of sp³-hybridized carbons (Fsp3) is 0.550. The molecule has 0 aliphatic heterocycles. The minimum absolute atomic E-state index is 0.0745. The molecule has 0 radical (unpaired) electrons. The Morgan fingerprint density at radius 2 is 2.04 bits per heavy atom. The van der Waals surface area contributed by atoms with Gasteiger partial charge < -0.3 is 14.6 Å². The first-order valence-corrected chi connectivity index (χ1v) is 10.6. The molecule has 7 heteroatoms. The molecular weight excluding hydrogens is 360 g/mol. The lowest BCUT2D eigenvalue weighted by atomic mass is 10.1. The molecule has 0 saturated heterocycles. The van der Waals surface area contributed by atoms with E-state index >= 15 is 0 Å². The van der Waals surface area contributed by atoms with Crippen LogP contribution in [0.4, 0.5) is 0 Å². The molecule has 0 unspecified atom stereocenters. The summed E-state index contributed by atoms with van der Waals surface area (Å²) in [4.78, 5) is 12.1. The van der Waals surface area contributed by atoms with Crippen molar-refractivity contribution in [2.75, 3.05) is 5.75 Å². The molecule has 0 bridgehead atoms. The van der Waals surface area contributed by atoms with Crippen LogP contribution in [0.15, 0.2) is 23.4 Å². The van der Waals surface area contributed by atoms with Crippen LogP contribution in [0.3, 0.4) is 0 Å². The second-order valence-electron chi connectivity index (χ2n) is 7.02. The van der Waals surface area contributed by atoms with Gasteiger partial charge in [-0.3, -0.25) is 4.79 Å². The summed E-state index contributed by atoms with van der Waals surface area (Å²) in [7, 11) is 0. The Bertz CT molecular complexity index is 784. The van der Waals surface area contributed by atoms with Crippen molar-refractivity contribution < 1.29 is 9.53 Å². The van der Waals surface area contributed by atoms with Gasteiger partial charge in [0, 0.05) is 12.6 Å². The molecule has 1 heterocycles. The first kappa shape index (κ1) is 19.7. The van der Waals surface area contributed by atoms with E-state index in [1.807, 2.05) is 23.6 Å². The lowest BCUT2D eigenvalue weighted by Crippen LogP contribution is -2.33. The van der Waals surface area contributed by atoms with Gasteiger partial charge in [-0.15, -0.1) is 10.2 Å². The number of hydrogen-bond acceptors (Lipinski definition) is 5. The Morgan fingerprint density at radius 3 is 2.74 bits per heavy atom. The Morgan fingerprint density at radius 1 is 1.26 bits per heavy atom. The standard InChI is InChI=1S/C20H28N4O2S/c1-4-24-18(12-26-17-10-9-14(2)15(3)11-17)22-23-20(24)27-13-19(25)21-16-7-5-6-8-16/h9-11,16H,4-8,12-13H2,1-3H3,(H,21,25). The highest BCUT2D eigenvalue weighted by Crippen LogP contribution is 2.21. The van der Waals surface area contributed by atoms with E-state index in [0.717, 1.165) is 36.1 Å². The molecule has 1 saturated carbocycles. The van der Waals surface area contributed by atoms with E-state index in [-0.39, 0.29) is 5.91 Å². The molecule has 0 spiro atoms. The van der Waals surface area contributed by atoms with Gasteiger partial charge in [0.2, 0.25) is 5.91 Å². The topological polar surface area (TPSA) is 69.0 Å². The summed E-state index contributed by atoms with van der Waals surface area (Å²) in [6.45, 7) is 7.30. The molecule has 2 aromatic rings. The monoisotopic (exact) mass is 388 g/mol. The number of hydrogen-bond donors (Lipinski definition) is 1. The second kappa shape index (κ2) is 9.26. The van der Waals surface area contributed by atoms with Crippen molar-refractivity contribution in [3.63, 3.8) is 0 Å². The molecule has 146 valence electrons. The quantitative estimate of drug-likeness (QED) is 0.699. The zero-order chi connectivity index (χ0) is 19.2. The van der Waals surface area contributed by atoms with Crippen molar-refractivity contribution in [3.05, 3.63) is 35.2 Å². The highest BCUT2D eigenvalue weighted by Gasteiger charge is 2.18. The van der Waals surface area contributed by atoms with Crippen LogP contribution >= 0.6 is 11.8 Å². The van der Waals surface area contributed by atoms with Crippen molar-refractivity contribution >= 4 is 17.7 Å². The molecule has 1 N–H and O–H groups in total. The second-order valence-corrected chi connectivity index (χ2v) is 7.96. The van der Waals surface area contributed by atoms with Crippen molar-refractivity contribution in [1.82, 2.24) is 20.1 Å². The molecule has 1 amide bonds. The summed E-state index contributed by atoms with van der Waals surface area (Å²) in [5, 5.41) is 12.4. The maximum absolute atomic E-state index is 12.1. The van der Waals surface area contributed by atoms with E-state index in [0.29, 0.717) is 18.4 Å². The summed E-state index contributed by atoms with van der Waals surface area (Å²) >= 11 is 1.43. The van der Waals surface area contributed by atoms with Gasteiger partial charge in [-0.2, -0.15) is 0 Å². The minimum Gasteiger partial charge on any atom is -0.486 e. The molecule has 1 aliphatic carbocycles. The van der Waals surface area contributed by atoms with Crippen LogP contribution in [0, 0.1) is 13.8 Å². The number of thioether (sulfide) groups is 1. The lowest BCUT2D eigenvalue weighted by molar-refractivity contribution is -0.119. The Labute approximate surface area is 165 Å². The van der Waals surface area contributed by atoms with Crippen LogP contribution in [0.1, 0.15) is 49.6 Å². The predicted molar refractivity (Wildman–Crippen MR) is 107 cm³/mol. The summed E-state index contributed by atoms with van der Waals surface area (Å²) in [6, 6.07) is 6.41. The smallest absolute Gasteiger partial charge is 0.230 e. The number of aromatic nitrogens is 3. The first-order chi connectivity index (χ1) is 13.1. The third-order valence-electron chi connectivity index (χ3n) is 5.01. The van der Waals surface area contributed by atoms with E-state index < -0.39 is 0 Å². The number of benzene rings is 1. The number of carbonyl (C=O) groups excluding carboxylic acids is 1. The van der Waals surface area contributed by atoms with Gasteiger partial charge in [-0.25, -0.2) is 0 Å². The van der Waals surface area contributed by atoms with Gasteiger partial charge in [0.1, 0.15) is 12.4 Å². The number of amides is 1. The number of rotatable bonds is 8. The van der Waals surface area contributed by atoms with Crippen LogP contribution in [0.25, 0.3) is 0 Å². The van der Waals surface area contributed by atoms with Crippen molar-refractivity contribution in [2.45, 2.75) is 70.8 Å². The Hall–Kier alpha value is -2.02. The van der Waals surface area contributed by atoms with Crippen molar-refractivity contribution in [1.29, 1.82) is 0 Å². The zero-order valence-electron chi connectivity index (χ0n) is 16.3. The average Bonchev–Trinajstić information content (AvgIpc) is 3.30. The van der Waals surface area contributed by atoms with Crippen LogP contribution in [0.5, 0.6) is 5.75 Å². The largest absolute Gasteiger partial charge is 0.486 e. The molecule has 27 heavy (non-hydrogen) atoms. The van der Waals surface area contributed by atoms with Gasteiger partial charge in [0.25, 0.3) is 0 Å². The molecule has 3 rings (SSSR count). The van der Waals surface area contributed by atoms with Crippen molar-refractivity contribution in [2.24, 2.45) is 0 Å². The summed E-state index contributed by atoms with van der Waals surface area (Å²) in [5.41, 5.74) is 2.45. The fourth-order valence-electron chi connectivity index (χ4n) is 3.27. The number of nitrogens with zero attached hydrogens (tertiary/aromatic N) is 3. The van der Waals surface area contributed by atoms with Gasteiger partial charge in [-0.1, -0.05) is 30.7 Å². The maximum Gasteiger partial charge on any atom is 0.230 e. The van der Waals surface area contributed by atoms with Gasteiger partial charge >= 0.3 is 0 Å². The van der Waals surface area contributed by atoms with E-state index in [2.05, 4.69) is 35.4 Å². The Kier molecular flexibility index (Phi) is 6.77. The third-order valence-corrected chi connectivity index (χ3v) is 5.98. The minimum atomic E-state index is 0.0745. The van der Waals surface area contributed by atoms with Crippen LogP contribution in [-0.2, 0) is 17.9 Å². The summed E-state index contributed by atoms with van der Waals surface area (Å²) < 4.78 is 7.89. The van der Waals surface area contributed by atoms with Crippen LogP contribution < -0.4 is 10.1 Å². The van der Waals surface area contributed by atoms with Gasteiger partial charge in [0.05, 0.1) is 5.75 Å². The number of aryl methyl sites for hydroxylation is 2. The number of carbonyl (C=O) groups is 1. The zero-order valence-corrected chi connectivity index (χ0v) is 17.1. The maximum atomic E-state index is 12.1. The third kappa shape index (κ3) is 5.25. The van der Waals surface area contributed by atoms with Crippen LogP contribution in [-0.4, -0.2) is 32.5 Å². The highest BCUT2D eigenvalue weighted by molar-refractivity contribution is 7.99. The van der Waals surface area contributed by atoms with E-state index in [1.54, 1.807) is 0 Å². The molecule has 1 aromatic carbocycles. The molecule has 1 aromatic heterocycles. The first-order valence-electron chi connectivity index (χ1n) is 9.61. The van der Waals surface area contributed by atoms with E-state index in [1.165, 1.54) is 35.7 Å². The van der Waals surface area contributed by atoms with Gasteiger partial charge in [-0.05, 0) is 56.9 Å². The molecular formula is C20H28N4O2S. The average molecular weight is 389 g/mol. The molecule has 1 fully saturated rings. The fourth-order valence-corrected chi connectivity index (χ4v) is 4.10.